The van der Waals surface area contributed by atoms with Gasteiger partial charge in [0.15, 0.2) is 10.8 Å². The molecule has 0 saturated carbocycles. The third-order valence-corrected chi connectivity index (χ3v) is 7.51. The number of allylic oxidation sites excluding steroid dienone is 1. The van der Waals surface area contributed by atoms with Crippen LogP contribution in [0.5, 0.6) is 0 Å². The summed E-state index contributed by atoms with van der Waals surface area (Å²) in [6.07, 6.45) is 2.45. The molecule has 2 unspecified atom stereocenters. The Morgan fingerprint density at radius 2 is 1.98 bits per heavy atom. The Bertz CT molecular complexity index is 1310. The van der Waals surface area contributed by atoms with Crippen molar-refractivity contribution in [2.75, 3.05) is 39.0 Å². The first-order valence-electron chi connectivity index (χ1n) is 12.0. The van der Waals surface area contributed by atoms with E-state index >= 15 is 0 Å². The second kappa shape index (κ2) is 13.0. The fraction of sp³-hybridized carbons (Fsp3) is 0.458. The molecule has 2 aliphatic rings. The number of hydrogen-bond acceptors (Lipinski definition) is 14. The fourth-order valence-electron chi connectivity index (χ4n) is 3.44. The van der Waals surface area contributed by atoms with Crippen molar-refractivity contribution in [1.29, 1.82) is 0 Å². The molecule has 3 rings (SSSR count). The summed E-state index contributed by atoms with van der Waals surface area (Å²) in [6, 6.07) is -1.06. The average Bonchev–Trinajstić information content (AvgIpc) is 3.34. The maximum atomic E-state index is 13.2. The van der Waals surface area contributed by atoms with Gasteiger partial charge < -0.3 is 35.4 Å². The van der Waals surface area contributed by atoms with Crippen molar-refractivity contribution in [3.63, 3.8) is 0 Å². The molecule has 15 nitrogen and oxygen atoms in total. The predicted molar refractivity (Wildman–Crippen MR) is 148 cm³/mol. The Balaban J connectivity index is 1.78. The molecule has 1 fully saturated rings. The predicted octanol–water partition coefficient (Wildman–Crippen LogP) is 0.902. The number of β-lactam (4-membered cyclic amide) rings is 1. The quantitative estimate of drug-likeness (QED) is 0.0891. The number of nitrogens with one attached hydrogen (secondary N) is 1. The van der Waals surface area contributed by atoms with Gasteiger partial charge in [-0.1, -0.05) is 11.2 Å². The molecule has 2 atom stereocenters. The molecule has 222 valence electrons. The summed E-state index contributed by atoms with van der Waals surface area (Å²) in [5.41, 5.74) is 4.63. The number of anilines is 1. The highest BCUT2D eigenvalue weighted by atomic mass is 32.2. The molecule has 4 N–H and O–H groups in total. The lowest BCUT2D eigenvalue weighted by Gasteiger charge is -2.49. The van der Waals surface area contributed by atoms with Crippen molar-refractivity contribution in [2.24, 2.45) is 10.6 Å². The minimum atomic E-state index is -1.06. The molecule has 0 aromatic carbocycles. The van der Waals surface area contributed by atoms with Gasteiger partial charge in [0.2, 0.25) is 6.79 Å². The van der Waals surface area contributed by atoms with E-state index in [0.717, 1.165) is 16.2 Å². The van der Waals surface area contributed by atoms with Gasteiger partial charge in [-0.15, -0.1) is 23.1 Å². The molecule has 0 bridgehead atoms. The molecule has 1 aromatic heterocycles. The van der Waals surface area contributed by atoms with Crippen molar-refractivity contribution in [1.82, 2.24) is 20.1 Å². The van der Waals surface area contributed by atoms with E-state index in [9.17, 15) is 29.2 Å². The summed E-state index contributed by atoms with van der Waals surface area (Å²) in [5, 5.41) is 15.7. The normalized spacial score (nSPS) is 18.9. The van der Waals surface area contributed by atoms with E-state index in [4.69, 9.17) is 19.9 Å². The number of esters is 2. The summed E-state index contributed by atoms with van der Waals surface area (Å²) < 4.78 is 15.2. The number of amides is 3. The lowest BCUT2D eigenvalue weighted by atomic mass is 9.98. The van der Waals surface area contributed by atoms with Crippen molar-refractivity contribution < 1.29 is 43.4 Å². The Hall–Kier alpha value is -4.12. The van der Waals surface area contributed by atoms with E-state index in [2.05, 4.69) is 15.5 Å². The van der Waals surface area contributed by atoms with Gasteiger partial charge in [-0.25, -0.2) is 14.6 Å². The van der Waals surface area contributed by atoms with Crippen LogP contribution < -0.4 is 11.1 Å². The highest BCUT2D eigenvalue weighted by molar-refractivity contribution is 8.00. The van der Waals surface area contributed by atoms with Gasteiger partial charge in [-0.2, -0.15) is 0 Å². The van der Waals surface area contributed by atoms with Gasteiger partial charge in [0, 0.05) is 25.2 Å². The summed E-state index contributed by atoms with van der Waals surface area (Å²) in [5.74, 6) is -2.81. The molecular formula is C24H30N6O9S2. The van der Waals surface area contributed by atoms with Gasteiger partial charge in [-0.05, 0) is 32.4 Å². The third-order valence-electron chi connectivity index (χ3n) is 5.54. The van der Waals surface area contributed by atoms with Crippen LogP contribution in [-0.2, 0) is 33.4 Å². The topological polar surface area (TPSA) is 203 Å². The molecule has 1 saturated heterocycles. The fourth-order valence-corrected chi connectivity index (χ4v) is 5.31. The largest absolute Gasteiger partial charge is 0.445 e. The summed E-state index contributed by atoms with van der Waals surface area (Å²) in [4.78, 5) is 69.1. The van der Waals surface area contributed by atoms with Crippen LogP contribution in [0.2, 0.25) is 0 Å². The van der Waals surface area contributed by atoms with E-state index in [0.29, 0.717) is 5.57 Å². The SMILES string of the molecule is CN(C)C(=O)OC/C=C\C1=C(C(=O)OCOC(=O)C(C)(C)C)N2C(=O)C(NC(=O)/C(=N\O)c3csc(N)n3)C2SC1. The van der Waals surface area contributed by atoms with Crippen LogP contribution in [0, 0.1) is 5.41 Å². The molecule has 3 amide bonds. The van der Waals surface area contributed by atoms with Crippen molar-refractivity contribution in [3.8, 4) is 0 Å². The molecule has 41 heavy (non-hydrogen) atoms. The number of carbonyl (C=O) groups is 5. The van der Waals surface area contributed by atoms with Crippen LogP contribution in [-0.4, -0.2) is 100 Å². The first kappa shape index (κ1) is 31.4. The molecule has 0 spiro atoms. The van der Waals surface area contributed by atoms with Crippen LogP contribution in [0.4, 0.5) is 9.93 Å². The Morgan fingerprint density at radius 1 is 1.27 bits per heavy atom. The number of ether oxygens (including phenoxy) is 3. The summed E-state index contributed by atoms with van der Waals surface area (Å²) in [6.45, 7) is 4.13. The van der Waals surface area contributed by atoms with Crippen LogP contribution in [0.15, 0.2) is 34.0 Å². The molecule has 2 aliphatic heterocycles. The lowest BCUT2D eigenvalue weighted by Crippen LogP contribution is -2.71. The minimum Gasteiger partial charge on any atom is -0.445 e. The molecule has 3 heterocycles. The summed E-state index contributed by atoms with van der Waals surface area (Å²) in [7, 11) is 3.05. The number of rotatable bonds is 9. The standard InChI is InChI=1S/C24H30N6O9S2/c1-24(2,3)21(34)39-11-38-20(33)16-12(7-6-8-37-23(35)29(4)5)9-40-19-15(18(32)30(16)19)27-17(31)14(28-36)13-10-41-22(25)26-13/h6-7,10,15,19,36H,8-9,11H2,1-5H3,(H2,25,26)(H,27,31)/b7-6-,28-14-. The van der Waals surface area contributed by atoms with Gasteiger partial charge >= 0.3 is 18.0 Å². The van der Waals surface area contributed by atoms with Crippen LogP contribution >= 0.6 is 23.1 Å². The zero-order valence-corrected chi connectivity index (χ0v) is 24.5. The number of thioether (sulfide) groups is 1. The Labute approximate surface area is 243 Å². The monoisotopic (exact) mass is 610 g/mol. The summed E-state index contributed by atoms with van der Waals surface area (Å²) >= 11 is 2.29. The number of fused-ring (bicyclic) bond motifs is 1. The number of hydrogen-bond donors (Lipinski definition) is 3. The number of nitrogens with two attached hydrogens (primary N) is 1. The molecule has 0 aliphatic carbocycles. The van der Waals surface area contributed by atoms with E-state index in [1.54, 1.807) is 20.8 Å². The van der Waals surface area contributed by atoms with Gasteiger partial charge in [0.1, 0.15) is 29.4 Å². The third kappa shape index (κ3) is 7.35. The molecule has 1 aromatic rings. The maximum absolute atomic E-state index is 13.2. The maximum Gasteiger partial charge on any atom is 0.409 e. The van der Waals surface area contributed by atoms with Gasteiger partial charge in [0.05, 0.1) is 5.41 Å². The van der Waals surface area contributed by atoms with Gasteiger partial charge in [0.25, 0.3) is 11.8 Å². The number of aromatic nitrogens is 1. The first-order chi connectivity index (χ1) is 19.3. The average molecular weight is 611 g/mol. The van der Waals surface area contributed by atoms with Gasteiger partial charge in [-0.3, -0.25) is 19.3 Å². The van der Waals surface area contributed by atoms with Crippen molar-refractivity contribution in [2.45, 2.75) is 32.2 Å². The molecule has 0 radical (unpaired) electrons. The van der Waals surface area contributed by atoms with Crippen molar-refractivity contribution in [3.05, 3.63) is 34.5 Å². The number of oxime groups is 1. The number of nitrogens with zero attached hydrogens (tertiary/aromatic N) is 4. The Kier molecular flexibility index (Phi) is 9.98. The van der Waals surface area contributed by atoms with E-state index < -0.39 is 59.2 Å². The van der Waals surface area contributed by atoms with E-state index in [-0.39, 0.29) is 28.9 Å². The number of carbonyl (C=O) groups excluding carboxylic acids is 5. The van der Waals surface area contributed by atoms with E-state index in [1.165, 1.54) is 48.3 Å². The zero-order chi connectivity index (χ0) is 30.5. The highest BCUT2D eigenvalue weighted by Gasteiger charge is 2.54. The first-order valence-corrected chi connectivity index (χ1v) is 14.0. The zero-order valence-electron chi connectivity index (χ0n) is 22.9. The van der Waals surface area contributed by atoms with Crippen molar-refractivity contribution >= 4 is 63.8 Å². The molecular weight excluding hydrogens is 580 g/mol. The number of thiazole rings is 1. The van der Waals surface area contributed by atoms with Crippen LogP contribution in [0.1, 0.15) is 26.5 Å². The highest BCUT2D eigenvalue weighted by Crippen LogP contribution is 2.41. The minimum absolute atomic E-state index is 0.0313. The van der Waals surface area contributed by atoms with Crippen LogP contribution in [0.25, 0.3) is 0 Å². The molecule has 17 heteroatoms. The lowest BCUT2D eigenvalue weighted by molar-refractivity contribution is -0.173. The van der Waals surface area contributed by atoms with E-state index in [1.807, 2.05) is 0 Å². The van der Waals surface area contributed by atoms with Crippen LogP contribution in [0.3, 0.4) is 0 Å². The Morgan fingerprint density at radius 3 is 2.56 bits per heavy atom. The second-order valence-electron chi connectivity index (χ2n) is 9.86. The number of nitrogen functional groups attached to an aromatic ring is 1. The smallest absolute Gasteiger partial charge is 0.409 e. The second-order valence-corrected chi connectivity index (χ2v) is 11.9.